The number of carbonyl (C=O) groups excluding carboxylic acids is 1. The summed E-state index contributed by atoms with van der Waals surface area (Å²) in [6.07, 6.45) is 0. The van der Waals surface area contributed by atoms with Gasteiger partial charge < -0.3 is 29.7 Å². The zero-order valence-corrected chi connectivity index (χ0v) is 18.3. The Hall–Kier alpha value is -4.46. The fourth-order valence-corrected chi connectivity index (χ4v) is 3.56. The molecule has 0 atom stereocenters. The summed E-state index contributed by atoms with van der Waals surface area (Å²) in [5.41, 5.74) is 7.81. The molecule has 3 N–H and O–H groups in total. The predicted octanol–water partition coefficient (Wildman–Crippen LogP) is 4.32. The third-order valence-electron chi connectivity index (χ3n) is 5.08. The van der Waals surface area contributed by atoms with Crippen molar-refractivity contribution in [2.75, 3.05) is 32.4 Å². The summed E-state index contributed by atoms with van der Waals surface area (Å²) in [4.78, 5) is 25.5. The molecule has 0 unspecified atom stereocenters. The molecular formula is C25H22N2O6. The first-order chi connectivity index (χ1) is 15.9. The molecule has 3 aromatic carbocycles. The molecule has 33 heavy (non-hydrogen) atoms. The Balaban J connectivity index is 1.75. The number of fused-ring (bicyclic) bond motifs is 1. The number of carbonyl (C=O) groups is 1. The maximum absolute atomic E-state index is 13.0. The van der Waals surface area contributed by atoms with Crippen LogP contribution in [0, 0.1) is 0 Å². The molecule has 8 nitrogen and oxygen atoms in total. The Bertz CT molecular complexity index is 1410. The lowest BCUT2D eigenvalue weighted by atomic mass is 10.1. The summed E-state index contributed by atoms with van der Waals surface area (Å²) >= 11 is 0. The average Bonchev–Trinajstić information content (AvgIpc) is 2.82. The number of rotatable bonds is 6. The van der Waals surface area contributed by atoms with E-state index in [0.717, 1.165) is 0 Å². The van der Waals surface area contributed by atoms with Crippen LogP contribution in [0.3, 0.4) is 0 Å². The second-order valence-electron chi connectivity index (χ2n) is 7.15. The molecule has 168 valence electrons. The van der Waals surface area contributed by atoms with Crippen molar-refractivity contribution in [1.82, 2.24) is 0 Å². The number of nitrogens with one attached hydrogen (secondary N) is 1. The van der Waals surface area contributed by atoms with Crippen LogP contribution in [0.25, 0.3) is 22.3 Å². The van der Waals surface area contributed by atoms with Gasteiger partial charge in [-0.05, 0) is 30.3 Å². The molecule has 1 heterocycles. The Labute approximate surface area is 189 Å². The highest BCUT2D eigenvalue weighted by Crippen LogP contribution is 2.42. The first-order valence-electron chi connectivity index (χ1n) is 9.99. The number of hydrogen-bond acceptors (Lipinski definition) is 7. The fraction of sp³-hybridized carbons (Fsp3) is 0.120. The molecule has 0 aliphatic heterocycles. The quantitative estimate of drug-likeness (QED) is 0.424. The van der Waals surface area contributed by atoms with Crippen molar-refractivity contribution in [3.05, 3.63) is 76.5 Å². The highest BCUT2D eigenvalue weighted by Gasteiger charge is 2.21. The Morgan fingerprint density at radius 3 is 2.36 bits per heavy atom. The summed E-state index contributed by atoms with van der Waals surface area (Å²) in [6.45, 7) is 0. The summed E-state index contributed by atoms with van der Waals surface area (Å²) in [6, 6.07) is 16.6. The number of anilines is 2. The number of amides is 1. The predicted molar refractivity (Wildman–Crippen MR) is 126 cm³/mol. The largest absolute Gasteiger partial charge is 0.493 e. The van der Waals surface area contributed by atoms with Crippen molar-refractivity contribution < 1.29 is 23.4 Å². The van der Waals surface area contributed by atoms with E-state index in [1.165, 1.54) is 27.4 Å². The van der Waals surface area contributed by atoms with Crippen LogP contribution in [0.5, 0.6) is 17.2 Å². The van der Waals surface area contributed by atoms with E-state index < -0.39 is 0 Å². The number of hydrogen-bond donors (Lipinski definition) is 2. The van der Waals surface area contributed by atoms with Gasteiger partial charge in [-0.15, -0.1) is 0 Å². The lowest BCUT2D eigenvalue weighted by molar-refractivity contribution is 0.102. The molecule has 0 spiro atoms. The van der Waals surface area contributed by atoms with Gasteiger partial charge in [-0.25, -0.2) is 0 Å². The van der Waals surface area contributed by atoms with Crippen LogP contribution in [0.1, 0.15) is 10.4 Å². The summed E-state index contributed by atoms with van der Waals surface area (Å²) in [5, 5.41) is 3.07. The van der Waals surface area contributed by atoms with Crippen LogP contribution in [0.4, 0.5) is 11.4 Å². The first kappa shape index (κ1) is 21.8. The van der Waals surface area contributed by atoms with Gasteiger partial charge in [0.15, 0.2) is 16.9 Å². The number of methoxy groups -OCH3 is 3. The van der Waals surface area contributed by atoms with Crippen LogP contribution < -0.4 is 30.7 Å². The SMILES string of the molecule is COc1cc2oc(-c3cccc(NC(=O)c4cccc(N)c4)c3)cc(=O)c2c(OC)c1OC. The van der Waals surface area contributed by atoms with Crippen LogP contribution >= 0.6 is 0 Å². The van der Waals surface area contributed by atoms with Gasteiger partial charge in [0, 0.05) is 34.6 Å². The Morgan fingerprint density at radius 2 is 1.67 bits per heavy atom. The summed E-state index contributed by atoms with van der Waals surface area (Å²) < 4.78 is 22.2. The molecule has 0 aliphatic rings. The molecule has 4 aromatic rings. The van der Waals surface area contributed by atoms with Gasteiger partial charge in [-0.3, -0.25) is 9.59 Å². The highest BCUT2D eigenvalue weighted by molar-refractivity contribution is 6.05. The normalized spacial score (nSPS) is 10.6. The van der Waals surface area contributed by atoms with Crippen molar-refractivity contribution in [2.24, 2.45) is 0 Å². The maximum Gasteiger partial charge on any atom is 0.255 e. The zero-order chi connectivity index (χ0) is 23.5. The first-order valence-corrected chi connectivity index (χ1v) is 9.99. The zero-order valence-electron chi connectivity index (χ0n) is 18.3. The van der Waals surface area contributed by atoms with Gasteiger partial charge in [0.1, 0.15) is 16.7 Å². The van der Waals surface area contributed by atoms with Gasteiger partial charge in [-0.1, -0.05) is 18.2 Å². The number of nitrogens with two attached hydrogens (primary N) is 1. The molecule has 0 fully saturated rings. The molecule has 1 amide bonds. The average molecular weight is 446 g/mol. The van der Waals surface area contributed by atoms with Gasteiger partial charge in [0.2, 0.25) is 5.75 Å². The summed E-state index contributed by atoms with van der Waals surface area (Å²) in [7, 11) is 4.39. The third-order valence-corrected chi connectivity index (χ3v) is 5.08. The van der Waals surface area contributed by atoms with Crippen LogP contribution in [-0.4, -0.2) is 27.2 Å². The monoisotopic (exact) mass is 446 g/mol. The number of benzene rings is 3. The maximum atomic E-state index is 13.0. The minimum Gasteiger partial charge on any atom is -0.493 e. The molecular weight excluding hydrogens is 424 g/mol. The molecule has 8 heteroatoms. The number of ether oxygens (including phenoxy) is 3. The van der Waals surface area contributed by atoms with Crippen molar-refractivity contribution in [2.45, 2.75) is 0 Å². The van der Waals surface area contributed by atoms with Crippen LogP contribution in [0.15, 0.2) is 69.9 Å². The van der Waals surface area contributed by atoms with E-state index in [1.54, 1.807) is 54.6 Å². The van der Waals surface area contributed by atoms with Gasteiger partial charge in [0.05, 0.1) is 21.3 Å². The van der Waals surface area contributed by atoms with Crippen molar-refractivity contribution >= 4 is 28.3 Å². The van der Waals surface area contributed by atoms with E-state index in [-0.39, 0.29) is 28.1 Å². The van der Waals surface area contributed by atoms with E-state index >= 15 is 0 Å². The lowest BCUT2D eigenvalue weighted by Gasteiger charge is -2.14. The van der Waals surface area contributed by atoms with E-state index in [0.29, 0.717) is 39.8 Å². The van der Waals surface area contributed by atoms with Gasteiger partial charge >= 0.3 is 0 Å². The van der Waals surface area contributed by atoms with Crippen molar-refractivity contribution in [3.63, 3.8) is 0 Å². The molecule has 0 saturated heterocycles. The Morgan fingerprint density at radius 1 is 0.909 bits per heavy atom. The van der Waals surface area contributed by atoms with Crippen LogP contribution in [-0.2, 0) is 0 Å². The fourth-order valence-electron chi connectivity index (χ4n) is 3.56. The van der Waals surface area contributed by atoms with Crippen molar-refractivity contribution in [3.8, 4) is 28.6 Å². The smallest absolute Gasteiger partial charge is 0.255 e. The van der Waals surface area contributed by atoms with E-state index in [1.807, 2.05) is 0 Å². The summed E-state index contributed by atoms with van der Waals surface area (Å²) in [5.74, 6) is 0.919. The topological polar surface area (TPSA) is 113 Å². The van der Waals surface area contributed by atoms with E-state index in [2.05, 4.69) is 5.32 Å². The van der Waals surface area contributed by atoms with Crippen molar-refractivity contribution in [1.29, 1.82) is 0 Å². The van der Waals surface area contributed by atoms with Gasteiger partial charge in [0.25, 0.3) is 5.91 Å². The second kappa shape index (κ2) is 8.96. The number of nitrogen functional groups attached to an aromatic ring is 1. The molecule has 1 aromatic heterocycles. The second-order valence-corrected chi connectivity index (χ2v) is 7.15. The minimum atomic E-state index is -0.307. The van der Waals surface area contributed by atoms with E-state index in [9.17, 15) is 9.59 Å². The highest BCUT2D eigenvalue weighted by atomic mass is 16.5. The van der Waals surface area contributed by atoms with E-state index in [4.69, 9.17) is 24.4 Å². The molecule has 0 bridgehead atoms. The Kier molecular flexibility index (Phi) is 5.91. The molecule has 4 rings (SSSR count). The van der Waals surface area contributed by atoms with Gasteiger partial charge in [-0.2, -0.15) is 0 Å². The lowest BCUT2D eigenvalue weighted by Crippen LogP contribution is -2.12. The van der Waals surface area contributed by atoms with Crippen LogP contribution in [0.2, 0.25) is 0 Å². The third kappa shape index (κ3) is 4.18. The molecule has 0 aliphatic carbocycles. The minimum absolute atomic E-state index is 0.232. The molecule has 0 radical (unpaired) electrons. The molecule has 0 saturated carbocycles. The standard InChI is InChI=1S/C25H22N2O6/c1-30-21-13-20-22(24(32-3)23(21)31-2)18(28)12-19(33-20)14-6-5-9-17(11-14)27-25(29)15-7-4-8-16(26)10-15/h4-13H,26H2,1-3H3,(H,27,29).